The van der Waals surface area contributed by atoms with E-state index in [1.165, 1.54) is 0 Å². The summed E-state index contributed by atoms with van der Waals surface area (Å²) in [5, 5.41) is 3.33. The van der Waals surface area contributed by atoms with Crippen LogP contribution in [0.25, 0.3) is 10.9 Å². The maximum Gasteiger partial charge on any atom is 0.227 e. The molecule has 9 heteroatoms. The molecule has 2 aromatic rings. The van der Waals surface area contributed by atoms with Gasteiger partial charge in [-0.25, -0.2) is 4.98 Å². The van der Waals surface area contributed by atoms with E-state index in [1.54, 1.807) is 26.4 Å². The molecule has 8 nitrogen and oxygen atoms in total. The molecule has 0 fully saturated rings. The molecule has 0 spiro atoms. The molecule has 0 saturated heterocycles. The van der Waals surface area contributed by atoms with E-state index in [0.717, 1.165) is 6.42 Å². The number of carbonyl (C=O) groups is 1. The highest BCUT2D eigenvalue weighted by Crippen LogP contribution is 2.33. The number of carbonyl (C=O) groups excluding carboxylic acids is 1. The van der Waals surface area contributed by atoms with E-state index in [0.29, 0.717) is 53.7 Å². The Balaban J connectivity index is 0.00000288. The maximum absolute atomic E-state index is 10.2. The van der Waals surface area contributed by atoms with Crippen LogP contribution in [0.2, 0.25) is 0 Å². The summed E-state index contributed by atoms with van der Waals surface area (Å²) in [7, 11) is 5.01. The largest absolute Gasteiger partial charge is 0.493 e. The lowest BCUT2D eigenvalue weighted by atomic mass is 10.2. The van der Waals surface area contributed by atoms with Crippen molar-refractivity contribution in [2.75, 3.05) is 45.0 Å². The smallest absolute Gasteiger partial charge is 0.227 e. The van der Waals surface area contributed by atoms with Crippen molar-refractivity contribution < 1.29 is 14.3 Å². The minimum absolute atomic E-state index is 0. The summed E-state index contributed by atoms with van der Waals surface area (Å²) in [4.78, 5) is 21.0. The third kappa shape index (κ3) is 4.29. The number of nitrogens with two attached hydrogens (primary N) is 1. The van der Waals surface area contributed by atoms with Crippen LogP contribution < -0.4 is 25.4 Å². The number of hydrogen-bond acceptors (Lipinski definition) is 7. The summed E-state index contributed by atoms with van der Waals surface area (Å²) in [6.45, 7) is 1.29. The Hall–Kier alpha value is -2.48. The number of halogens is 1. The second-order valence-corrected chi connectivity index (χ2v) is 4.98. The van der Waals surface area contributed by atoms with Crippen molar-refractivity contribution in [1.82, 2.24) is 15.3 Å². The number of nitrogen functional groups attached to an aromatic ring is 1. The number of hydrogen-bond donors (Lipinski definition) is 2. The van der Waals surface area contributed by atoms with Gasteiger partial charge in [-0.15, -0.1) is 12.4 Å². The average Bonchev–Trinajstić information content (AvgIpc) is 2.57. The Morgan fingerprint density at radius 1 is 1.25 bits per heavy atom. The first kappa shape index (κ1) is 19.6. The van der Waals surface area contributed by atoms with E-state index in [2.05, 4.69) is 15.3 Å². The summed E-state index contributed by atoms with van der Waals surface area (Å²) in [6.07, 6.45) is 1.46. The highest BCUT2D eigenvalue weighted by molar-refractivity contribution is 5.91. The zero-order valence-corrected chi connectivity index (χ0v) is 14.7. The van der Waals surface area contributed by atoms with E-state index in [9.17, 15) is 4.79 Å². The molecule has 3 N–H and O–H groups in total. The molecule has 0 atom stereocenters. The fourth-order valence-corrected chi connectivity index (χ4v) is 2.21. The highest BCUT2D eigenvalue weighted by Gasteiger charge is 2.13. The van der Waals surface area contributed by atoms with Crippen molar-refractivity contribution in [1.29, 1.82) is 0 Å². The van der Waals surface area contributed by atoms with Crippen LogP contribution in [0.4, 0.5) is 11.8 Å². The Morgan fingerprint density at radius 3 is 2.54 bits per heavy atom. The molecule has 24 heavy (non-hydrogen) atoms. The van der Waals surface area contributed by atoms with Gasteiger partial charge >= 0.3 is 0 Å². The van der Waals surface area contributed by atoms with Gasteiger partial charge in [0.2, 0.25) is 12.4 Å². The summed E-state index contributed by atoms with van der Waals surface area (Å²) < 4.78 is 10.6. The lowest BCUT2D eigenvalue weighted by Gasteiger charge is -2.18. The minimum Gasteiger partial charge on any atom is -0.493 e. The van der Waals surface area contributed by atoms with Gasteiger partial charge in [0.15, 0.2) is 11.5 Å². The zero-order chi connectivity index (χ0) is 16.8. The molecule has 2 rings (SSSR count). The predicted molar refractivity (Wildman–Crippen MR) is 96.3 cm³/mol. The summed E-state index contributed by atoms with van der Waals surface area (Å²) in [6, 6.07) is 3.54. The molecule has 0 aliphatic heterocycles. The fourth-order valence-electron chi connectivity index (χ4n) is 2.21. The molecule has 0 aliphatic rings. The Bertz CT molecular complexity index is 698. The molecule has 1 amide bonds. The number of amides is 1. The van der Waals surface area contributed by atoms with Crippen LogP contribution in [-0.2, 0) is 4.79 Å². The van der Waals surface area contributed by atoms with Crippen LogP contribution in [0.15, 0.2) is 12.1 Å². The molecule has 132 valence electrons. The minimum atomic E-state index is 0. The summed E-state index contributed by atoms with van der Waals surface area (Å²) in [5.74, 6) is 2.07. The molecule has 0 bridgehead atoms. The SMILES string of the molecule is COc1cc2nc(N(C)CCCNC=O)nc(N)c2cc1OC.Cl. The van der Waals surface area contributed by atoms with Crippen LogP contribution in [0.1, 0.15) is 6.42 Å². The number of fused-ring (bicyclic) bond motifs is 1. The first-order valence-corrected chi connectivity index (χ1v) is 7.18. The fraction of sp³-hybridized carbons (Fsp3) is 0.400. The van der Waals surface area contributed by atoms with Crippen molar-refractivity contribution in [2.45, 2.75) is 6.42 Å². The lowest BCUT2D eigenvalue weighted by Crippen LogP contribution is -2.25. The monoisotopic (exact) mass is 355 g/mol. The number of nitrogens with one attached hydrogen (secondary N) is 1. The number of benzene rings is 1. The van der Waals surface area contributed by atoms with Crippen LogP contribution in [0, 0.1) is 0 Å². The van der Waals surface area contributed by atoms with Gasteiger partial charge in [0, 0.05) is 31.6 Å². The van der Waals surface area contributed by atoms with E-state index in [-0.39, 0.29) is 12.4 Å². The van der Waals surface area contributed by atoms with Crippen molar-refractivity contribution >= 4 is 41.5 Å². The summed E-state index contributed by atoms with van der Waals surface area (Å²) >= 11 is 0. The van der Waals surface area contributed by atoms with Gasteiger partial charge in [0.05, 0.1) is 19.7 Å². The molecule has 0 saturated carbocycles. The first-order chi connectivity index (χ1) is 11.1. The summed E-state index contributed by atoms with van der Waals surface area (Å²) in [5.41, 5.74) is 6.74. The quantitative estimate of drug-likeness (QED) is 0.542. The molecule has 1 heterocycles. The van der Waals surface area contributed by atoms with E-state index >= 15 is 0 Å². The van der Waals surface area contributed by atoms with Gasteiger partial charge in [-0.05, 0) is 12.5 Å². The standard InChI is InChI=1S/C15H21N5O3.ClH/c1-20(6-4-5-17-9-21)15-18-11-8-13(23-3)12(22-2)7-10(11)14(16)19-15;/h7-9H,4-6H2,1-3H3,(H,17,21)(H2,16,18,19);1H. The molecular formula is C15H22ClN5O3. The van der Waals surface area contributed by atoms with E-state index in [1.807, 2.05) is 11.9 Å². The third-order valence-electron chi connectivity index (χ3n) is 3.46. The maximum atomic E-state index is 10.2. The molecule has 1 aromatic carbocycles. The number of anilines is 2. The van der Waals surface area contributed by atoms with Gasteiger partial charge in [0.1, 0.15) is 5.82 Å². The Kier molecular flexibility index (Phi) is 7.31. The van der Waals surface area contributed by atoms with Gasteiger partial charge in [-0.1, -0.05) is 0 Å². The van der Waals surface area contributed by atoms with Crippen LogP contribution in [-0.4, -0.2) is 50.7 Å². The van der Waals surface area contributed by atoms with Gasteiger partial charge in [-0.2, -0.15) is 4.98 Å². The third-order valence-corrected chi connectivity index (χ3v) is 3.46. The highest BCUT2D eigenvalue weighted by atomic mass is 35.5. The van der Waals surface area contributed by atoms with Gasteiger partial charge in [-0.3, -0.25) is 4.79 Å². The molecule has 0 radical (unpaired) electrons. The number of aromatic nitrogens is 2. The van der Waals surface area contributed by atoms with Crippen molar-refractivity contribution in [3.8, 4) is 11.5 Å². The number of ether oxygens (including phenoxy) is 2. The number of nitrogens with zero attached hydrogens (tertiary/aromatic N) is 3. The average molecular weight is 356 g/mol. The second-order valence-electron chi connectivity index (χ2n) is 4.98. The Morgan fingerprint density at radius 2 is 1.92 bits per heavy atom. The van der Waals surface area contributed by atoms with E-state index in [4.69, 9.17) is 15.2 Å². The molecule has 1 aromatic heterocycles. The molecular weight excluding hydrogens is 334 g/mol. The van der Waals surface area contributed by atoms with Crippen LogP contribution in [0.5, 0.6) is 11.5 Å². The lowest BCUT2D eigenvalue weighted by molar-refractivity contribution is -0.109. The van der Waals surface area contributed by atoms with Crippen molar-refractivity contribution in [2.24, 2.45) is 0 Å². The topological polar surface area (TPSA) is 103 Å². The number of rotatable bonds is 8. The Labute approximate surface area is 146 Å². The zero-order valence-electron chi connectivity index (χ0n) is 13.9. The normalized spacial score (nSPS) is 9.96. The second kappa shape index (κ2) is 8.97. The molecule has 0 aliphatic carbocycles. The van der Waals surface area contributed by atoms with Crippen molar-refractivity contribution in [3.63, 3.8) is 0 Å². The van der Waals surface area contributed by atoms with E-state index < -0.39 is 0 Å². The van der Waals surface area contributed by atoms with Crippen molar-refractivity contribution in [3.05, 3.63) is 12.1 Å². The van der Waals surface area contributed by atoms with Gasteiger partial charge < -0.3 is 25.4 Å². The predicted octanol–water partition coefficient (Wildman–Crippen LogP) is 1.22. The molecule has 0 unspecified atom stereocenters. The first-order valence-electron chi connectivity index (χ1n) is 7.18. The number of methoxy groups -OCH3 is 2. The van der Waals surface area contributed by atoms with Crippen LogP contribution in [0.3, 0.4) is 0 Å². The van der Waals surface area contributed by atoms with Crippen LogP contribution >= 0.6 is 12.4 Å². The van der Waals surface area contributed by atoms with Gasteiger partial charge in [0.25, 0.3) is 0 Å².